The van der Waals surface area contributed by atoms with Gasteiger partial charge in [0.05, 0.1) is 35.6 Å². The van der Waals surface area contributed by atoms with Crippen LogP contribution in [0.2, 0.25) is 0 Å². The van der Waals surface area contributed by atoms with Crippen LogP contribution in [-0.4, -0.2) is 51.5 Å². The number of aromatic nitrogens is 3. The standard InChI is InChI=1S/C25H25N5O6S/c1-15-10-21(29-36-15)28-22(31)14-37-25-27-20-11-16(23(32)26-12-17-4-2-8-34-17)6-7-19(20)24(33)30(25)13-18-5-3-9-35-18/h3,5-7,9-11,17H,2,4,8,12-14H2,1H3,(H,26,32)(H,28,29,31). The van der Waals surface area contributed by atoms with Gasteiger partial charge in [-0.25, -0.2) is 4.98 Å². The Kier molecular flexibility index (Phi) is 7.37. The zero-order chi connectivity index (χ0) is 25.8. The van der Waals surface area contributed by atoms with E-state index < -0.39 is 0 Å². The molecule has 1 unspecified atom stereocenters. The third-order valence-corrected chi connectivity index (χ3v) is 6.80. The maximum absolute atomic E-state index is 13.4. The van der Waals surface area contributed by atoms with Gasteiger partial charge in [0, 0.05) is 24.8 Å². The number of furan rings is 1. The van der Waals surface area contributed by atoms with Crippen LogP contribution >= 0.6 is 11.8 Å². The molecule has 3 aromatic heterocycles. The first-order chi connectivity index (χ1) is 18.0. The van der Waals surface area contributed by atoms with Gasteiger partial charge in [-0.1, -0.05) is 16.9 Å². The molecule has 2 amide bonds. The van der Waals surface area contributed by atoms with Gasteiger partial charge in [-0.15, -0.1) is 0 Å². The molecule has 0 saturated carbocycles. The Bertz CT molecular complexity index is 1470. The number of nitrogens with one attached hydrogen (secondary N) is 2. The van der Waals surface area contributed by atoms with E-state index in [-0.39, 0.29) is 35.8 Å². The van der Waals surface area contributed by atoms with Gasteiger partial charge in [0.2, 0.25) is 5.91 Å². The van der Waals surface area contributed by atoms with Crippen molar-refractivity contribution in [2.24, 2.45) is 0 Å². The Labute approximate surface area is 215 Å². The van der Waals surface area contributed by atoms with Gasteiger partial charge in [-0.3, -0.25) is 19.0 Å². The largest absolute Gasteiger partial charge is 0.467 e. The Morgan fingerprint density at radius 2 is 2.14 bits per heavy atom. The summed E-state index contributed by atoms with van der Waals surface area (Å²) >= 11 is 1.10. The van der Waals surface area contributed by atoms with E-state index in [1.807, 2.05) is 0 Å². The van der Waals surface area contributed by atoms with E-state index in [4.69, 9.17) is 13.7 Å². The Hall–Kier alpha value is -3.90. The number of fused-ring (bicyclic) bond motifs is 1. The normalized spacial score (nSPS) is 15.2. The summed E-state index contributed by atoms with van der Waals surface area (Å²) in [5, 5.41) is 9.96. The number of anilines is 1. The molecule has 11 nitrogen and oxygen atoms in total. The van der Waals surface area contributed by atoms with Crippen LogP contribution in [-0.2, 0) is 16.1 Å². The minimum absolute atomic E-state index is 0.0200. The number of ether oxygens (including phenoxy) is 1. The van der Waals surface area contributed by atoms with Crippen molar-refractivity contribution in [3.05, 3.63) is 70.1 Å². The van der Waals surface area contributed by atoms with Crippen LogP contribution in [0.4, 0.5) is 5.82 Å². The second-order valence-corrected chi connectivity index (χ2v) is 9.54. The number of carbonyl (C=O) groups excluding carboxylic acids is 2. The van der Waals surface area contributed by atoms with Gasteiger partial charge in [-0.05, 0) is 50.1 Å². The van der Waals surface area contributed by atoms with Crippen molar-refractivity contribution >= 4 is 40.3 Å². The Morgan fingerprint density at radius 1 is 1.24 bits per heavy atom. The maximum Gasteiger partial charge on any atom is 0.262 e. The molecule has 1 aromatic carbocycles. The molecule has 0 spiro atoms. The first kappa shape index (κ1) is 24.8. The molecule has 0 bridgehead atoms. The van der Waals surface area contributed by atoms with E-state index in [0.29, 0.717) is 52.1 Å². The summed E-state index contributed by atoms with van der Waals surface area (Å²) in [4.78, 5) is 43.3. The molecule has 4 aromatic rings. The summed E-state index contributed by atoms with van der Waals surface area (Å²) in [5.74, 6) is 0.819. The fraction of sp³-hybridized carbons (Fsp3) is 0.320. The van der Waals surface area contributed by atoms with Gasteiger partial charge >= 0.3 is 0 Å². The van der Waals surface area contributed by atoms with Gasteiger partial charge in [-0.2, -0.15) is 0 Å². The zero-order valence-corrected chi connectivity index (χ0v) is 20.9. The number of aryl methyl sites for hydroxylation is 1. The quantitative estimate of drug-likeness (QED) is 0.250. The Balaban J connectivity index is 1.39. The van der Waals surface area contributed by atoms with Gasteiger partial charge in [0.15, 0.2) is 11.0 Å². The van der Waals surface area contributed by atoms with Crippen LogP contribution in [0.5, 0.6) is 0 Å². The van der Waals surface area contributed by atoms with Gasteiger partial charge < -0.3 is 24.3 Å². The Morgan fingerprint density at radius 3 is 2.86 bits per heavy atom. The first-order valence-corrected chi connectivity index (χ1v) is 12.8. The molecule has 0 radical (unpaired) electrons. The van der Waals surface area contributed by atoms with Crippen LogP contribution < -0.4 is 16.2 Å². The van der Waals surface area contributed by atoms with Crippen LogP contribution in [0.3, 0.4) is 0 Å². The molecule has 4 heterocycles. The summed E-state index contributed by atoms with van der Waals surface area (Å²) < 4.78 is 17.4. The highest BCUT2D eigenvalue weighted by Gasteiger charge is 2.19. The number of amides is 2. The number of thioether (sulfide) groups is 1. The number of hydrogen-bond acceptors (Lipinski definition) is 9. The number of nitrogens with zero attached hydrogens (tertiary/aromatic N) is 3. The molecule has 1 saturated heterocycles. The highest BCUT2D eigenvalue weighted by Crippen LogP contribution is 2.21. The maximum atomic E-state index is 13.4. The van der Waals surface area contributed by atoms with Crippen LogP contribution in [0, 0.1) is 6.92 Å². The van der Waals surface area contributed by atoms with Crippen molar-refractivity contribution in [2.45, 2.75) is 37.6 Å². The van der Waals surface area contributed by atoms with E-state index in [2.05, 4.69) is 20.8 Å². The minimum Gasteiger partial charge on any atom is -0.467 e. The number of carbonyl (C=O) groups is 2. The molecule has 2 N–H and O–H groups in total. The van der Waals surface area contributed by atoms with Crippen LogP contribution in [0.1, 0.15) is 34.7 Å². The lowest BCUT2D eigenvalue weighted by Crippen LogP contribution is -2.31. The molecule has 1 atom stereocenters. The lowest BCUT2D eigenvalue weighted by molar-refractivity contribution is -0.113. The fourth-order valence-electron chi connectivity index (χ4n) is 4.00. The van der Waals surface area contributed by atoms with Crippen molar-refractivity contribution in [1.29, 1.82) is 0 Å². The molecular formula is C25H25N5O6S. The highest BCUT2D eigenvalue weighted by molar-refractivity contribution is 7.99. The van der Waals surface area contributed by atoms with E-state index in [9.17, 15) is 14.4 Å². The molecular weight excluding hydrogens is 498 g/mol. The molecule has 37 heavy (non-hydrogen) atoms. The molecule has 1 fully saturated rings. The van der Waals surface area contributed by atoms with Gasteiger partial charge in [0.25, 0.3) is 11.5 Å². The topological polar surface area (TPSA) is 141 Å². The third-order valence-electron chi connectivity index (χ3n) is 5.82. The van der Waals surface area contributed by atoms with Crippen molar-refractivity contribution in [2.75, 3.05) is 24.2 Å². The second kappa shape index (κ2) is 11.0. The van der Waals surface area contributed by atoms with E-state index >= 15 is 0 Å². The highest BCUT2D eigenvalue weighted by atomic mass is 32.2. The summed E-state index contributed by atoms with van der Waals surface area (Å²) in [7, 11) is 0. The summed E-state index contributed by atoms with van der Waals surface area (Å²) in [5.41, 5.74) is 0.444. The average Bonchev–Trinajstić information content (AvgIpc) is 3.67. The summed E-state index contributed by atoms with van der Waals surface area (Å²) in [6.07, 6.45) is 3.45. The van der Waals surface area contributed by atoms with Crippen LogP contribution in [0.25, 0.3) is 10.9 Å². The van der Waals surface area contributed by atoms with Crippen LogP contribution in [0.15, 0.2) is 61.6 Å². The summed E-state index contributed by atoms with van der Waals surface area (Å²) in [6, 6.07) is 9.88. The molecule has 5 rings (SSSR count). The SMILES string of the molecule is Cc1cc(NC(=O)CSc2nc3cc(C(=O)NCC4CCCO4)ccc3c(=O)n2Cc2ccco2)no1. The molecule has 0 aliphatic carbocycles. The predicted molar refractivity (Wildman–Crippen MR) is 136 cm³/mol. The zero-order valence-electron chi connectivity index (χ0n) is 20.1. The van der Waals surface area contributed by atoms with Crippen molar-refractivity contribution < 1.29 is 23.3 Å². The van der Waals surface area contributed by atoms with E-state index in [1.165, 1.54) is 10.8 Å². The monoisotopic (exact) mass is 523 g/mol. The van der Waals surface area contributed by atoms with Crippen molar-refractivity contribution in [1.82, 2.24) is 20.0 Å². The van der Waals surface area contributed by atoms with Gasteiger partial charge in [0.1, 0.15) is 11.5 Å². The summed E-state index contributed by atoms with van der Waals surface area (Å²) in [6.45, 7) is 3.00. The number of hydrogen-bond donors (Lipinski definition) is 2. The molecule has 192 valence electrons. The number of rotatable bonds is 9. The molecule has 1 aliphatic rings. The average molecular weight is 524 g/mol. The number of benzene rings is 1. The lowest BCUT2D eigenvalue weighted by atomic mass is 10.1. The smallest absolute Gasteiger partial charge is 0.262 e. The minimum atomic E-state index is -0.334. The first-order valence-electron chi connectivity index (χ1n) is 11.8. The molecule has 1 aliphatic heterocycles. The fourth-order valence-corrected chi connectivity index (χ4v) is 4.80. The van der Waals surface area contributed by atoms with E-state index in [0.717, 1.165) is 24.6 Å². The third kappa shape index (κ3) is 5.92. The van der Waals surface area contributed by atoms with E-state index in [1.54, 1.807) is 43.3 Å². The second-order valence-electron chi connectivity index (χ2n) is 8.60. The van der Waals surface area contributed by atoms with Crippen molar-refractivity contribution in [3.63, 3.8) is 0 Å². The van der Waals surface area contributed by atoms with Crippen molar-refractivity contribution in [3.8, 4) is 0 Å². The lowest BCUT2D eigenvalue weighted by Gasteiger charge is -2.13. The predicted octanol–water partition coefficient (Wildman–Crippen LogP) is 2.97. The molecule has 12 heteroatoms.